The van der Waals surface area contributed by atoms with Crippen LogP contribution >= 0.6 is 0 Å². The highest BCUT2D eigenvalue weighted by Gasteiger charge is 2.20. The van der Waals surface area contributed by atoms with Crippen molar-refractivity contribution < 1.29 is 23.8 Å². The van der Waals surface area contributed by atoms with Crippen LogP contribution in [0.3, 0.4) is 0 Å². The van der Waals surface area contributed by atoms with Gasteiger partial charge in [0.05, 0.1) is 6.61 Å². The van der Waals surface area contributed by atoms with Gasteiger partial charge in [-0.25, -0.2) is 9.59 Å². The lowest BCUT2D eigenvalue weighted by Gasteiger charge is -2.13. The molecule has 0 radical (unpaired) electrons. The SMILES string of the molecule is C=C(C(=O)OCC)C(=O)OC(C)OCC. The number of ether oxygens (including phenoxy) is 3. The van der Waals surface area contributed by atoms with Crippen molar-refractivity contribution in [3.05, 3.63) is 12.2 Å². The molecule has 15 heavy (non-hydrogen) atoms. The van der Waals surface area contributed by atoms with E-state index < -0.39 is 18.2 Å². The van der Waals surface area contributed by atoms with Crippen LogP contribution in [-0.4, -0.2) is 31.4 Å². The van der Waals surface area contributed by atoms with Gasteiger partial charge in [0.2, 0.25) is 0 Å². The molecule has 5 heteroatoms. The van der Waals surface area contributed by atoms with E-state index in [0.29, 0.717) is 6.61 Å². The van der Waals surface area contributed by atoms with Crippen molar-refractivity contribution in [1.82, 2.24) is 0 Å². The minimum Gasteiger partial charge on any atom is -0.462 e. The molecule has 0 aromatic rings. The van der Waals surface area contributed by atoms with E-state index in [4.69, 9.17) is 9.47 Å². The van der Waals surface area contributed by atoms with E-state index in [2.05, 4.69) is 11.3 Å². The number of carbonyl (C=O) groups is 2. The Kier molecular flexibility index (Phi) is 6.37. The number of esters is 2. The quantitative estimate of drug-likeness (QED) is 0.218. The summed E-state index contributed by atoms with van der Waals surface area (Å²) in [5.41, 5.74) is -0.330. The number of hydrogen-bond donors (Lipinski definition) is 0. The summed E-state index contributed by atoms with van der Waals surface area (Å²) in [7, 11) is 0. The molecule has 0 rings (SSSR count). The lowest BCUT2D eigenvalue weighted by molar-refractivity contribution is -0.170. The number of hydrogen-bond acceptors (Lipinski definition) is 5. The van der Waals surface area contributed by atoms with Gasteiger partial charge in [-0.3, -0.25) is 0 Å². The smallest absolute Gasteiger partial charge is 0.347 e. The van der Waals surface area contributed by atoms with Gasteiger partial charge in [-0.2, -0.15) is 0 Å². The standard InChI is InChI=1S/C10H16O5/c1-5-13-8(4)15-10(12)7(3)9(11)14-6-2/h8H,3,5-6H2,1-2,4H3. The van der Waals surface area contributed by atoms with Gasteiger partial charge < -0.3 is 14.2 Å². The largest absolute Gasteiger partial charge is 0.462 e. The average molecular weight is 216 g/mol. The van der Waals surface area contributed by atoms with Gasteiger partial charge in [-0.15, -0.1) is 0 Å². The Morgan fingerprint density at radius 1 is 1.20 bits per heavy atom. The second kappa shape index (κ2) is 7.00. The van der Waals surface area contributed by atoms with Gasteiger partial charge in [0, 0.05) is 6.61 Å². The molecule has 0 aromatic carbocycles. The minimum absolute atomic E-state index is 0.187. The fourth-order valence-electron chi connectivity index (χ4n) is 0.792. The first kappa shape index (κ1) is 13.6. The molecule has 0 bridgehead atoms. The molecule has 5 nitrogen and oxygen atoms in total. The van der Waals surface area contributed by atoms with E-state index in [0.717, 1.165) is 0 Å². The molecule has 0 aliphatic rings. The van der Waals surface area contributed by atoms with Crippen LogP contribution in [0.4, 0.5) is 0 Å². The van der Waals surface area contributed by atoms with Gasteiger partial charge in [0.1, 0.15) is 5.57 Å². The normalized spacial score (nSPS) is 11.7. The highest BCUT2D eigenvalue weighted by Crippen LogP contribution is 2.02. The van der Waals surface area contributed by atoms with Crippen molar-refractivity contribution in [2.75, 3.05) is 13.2 Å². The van der Waals surface area contributed by atoms with E-state index in [1.165, 1.54) is 0 Å². The highest BCUT2D eigenvalue weighted by molar-refractivity contribution is 6.13. The van der Waals surface area contributed by atoms with Crippen LogP contribution in [0.5, 0.6) is 0 Å². The summed E-state index contributed by atoms with van der Waals surface area (Å²) in [6.07, 6.45) is -0.700. The first-order valence-electron chi connectivity index (χ1n) is 4.71. The van der Waals surface area contributed by atoms with E-state index in [-0.39, 0.29) is 12.2 Å². The first-order valence-corrected chi connectivity index (χ1v) is 4.71. The fraction of sp³-hybridized carbons (Fsp3) is 0.600. The molecule has 0 aromatic heterocycles. The van der Waals surface area contributed by atoms with Gasteiger partial charge in [0.25, 0.3) is 0 Å². The summed E-state index contributed by atoms with van der Waals surface area (Å²) in [6.45, 7) is 8.85. The van der Waals surface area contributed by atoms with Gasteiger partial charge in [0.15, 0.2) is 6.29 Å². The first-order chi connectivity index (χ1) is 7.02. The van der Waals surface area contributed by atoms with Crippen molar-refractivity contribution in [1.29, 1.82) is 0 Å². The summed E-state index contributed by atoms with van der Waals surface area (Å²) < 4.78 is 14.3. The lowest BCUT2D eigenvalue weighted by Crippen LogP contribution is -2.23. The Balaban J connectivity index is 4.10. The predicted octanol–water partition coefficient (Wildman–Crippen LogP) is 1.03. The summed E-state index contributed by atoms with van der Waals surface area (Å²) in [5, 5.41) is 0. The topological polar surface area (TPSA) is 61.8 Å². The third-order valence-electron chi connectivity index (χ3n) is 1.44. The fourth-order valence-corrected chi connectivity index (χ4v) is 0.792. The maximum absolute atomic E-state index is 11.2. The van der Waals surface area contributed by atoms with Crippen LogP contribution in [-0.2, 0) is 23.8 Å². The highest BCUT2D eigenvalue weighted by atomic mass is 16.7. The molecular formula is C10H16O5. The Morgan fingerprint density at radius 3 is 2.27 bits per heavy atom. The maximum Gasteiger partial charge on any atom is 0.347 e. The summed E-state index contributed by atoms with van der Waals surface area (Å²) in [6, 6.07) is 0. The molecule has 0 fully saturated rings. The predicted molar refractivity (Wildman–Crippen MR) is 53.0 cm³/mol. The molecule has 0 N–H and O–H groups in total. The van der Waals surface area contributed by atoms with E-state index in [1.54, 1.807) is 20.8 Å². The van der Waals surface area contributed by atoms with E-state index in [9.17, 15) is 9.59 Å². The Labute approximate surface area is 89.0 Å². The number of carbonyl (C=O) groups excluding carboxylic acids is 2. The van der Waals surface area contributed by atoms with Crippen LogP contribution in [0.25, 0.3) is 0 Å². The van der Waals surface area contributed by atoms with Crippen LogP contribution in [0.15, 0.2) is 12.2 Å². The van der Waals surface area contributed by atoms with Gasteiger partial charge in [-0.1, -0.05) is 6.58 Å². The van der Waals surface area contributed by atoms with Gasteiger partial charge >= 0.3 is 11.9 Å². The minimum atomic E-state index is -0.825. The van der Waals surface area contributed by atoms with Crippen molar-refractivity contribution in [2.24, 2.45) is 0 Å². The molecule has 0 saturated heterocycles. The van der Waals surface area contributed by atoms with Crippen molar-refractivity contribution >= 4 is 11.9 Å². The Morgan fingerprint density at radius 2 is 1.80 bits per heavy atom. The van der Waals surface area contributed by atoms with Crippen LogP contribution in [0.1, 0.15) is 20.8 Å². The zero-order valence-corrected chi connectivity index (χ0v) is 9.24. The second-order valence-corrected chi connectivity index (χ2v) is 2.63. The molecular weight excluding hydrogens is 200 g/mol. The molecule has 0 aliphatic carbocycles. The summed E-state index contributed by atoms with van der Waals surface area (Å²) in [4.78, 5) is 22.3. The Hall–Kier alpha value is -1.36. The van der Waals surface area contributed by atoms with Crippen LogP contribution < -0.4 is 0 Å². The third-order valence-corrected chi connectivity index (χ3v) is 1.44. The van der Waals surface area contributed by atoms with E-state index in [1.807, 2.05) is 0 Å². The Bertz CT molecular complexity index is 246. The molecule has 1 atom stereocenters. The third kappa shape index (κ3) is 5.17. The van der Waals surface area contributed by atoms with Crippen molar-refractivity contribution in [3.8, 4) is 0 Å². The van der Waals surface area contributed by atoms with E-state index >= 15 is 0 Å². The number of rotatable bonds is 6. The van der Waals surface area contributed by atoms with Gasteiger partial charge in [-0.05, 0) is 20.8 Å². The van der Waals surface area contributed by atoms with Crippen LogP contribution in [0, 0.1) is 0 Å². The molecule has 0 saturated carbocycles. The lowest BCUT2D eigenvalue weighted by atomic mass is 10.3. The summed E-state index contributed by atoms with van der Waals surface area (Å²) >= 11 is 0. The molecule has 0 spiro atoms. The molecule has 1 unspecified atom stereocenters. The second-order valence-electron chi connectivity index (χ2n) is 2.63. The molecule has 0 heterocycles. The maximum atomic E-state index is 11.2. The van der Waals surface area contributed by atoms with Crippen molar-refractivity contribution in [3.63, 3.8) is 0 Å². The zero-order chi connectivity index (χ0) is 11.8. The monoisotopic (exact) mass is 216 g/mol. The molecule has 0 amide bonds. The van der Waals surface area contributed by atoms with Crippen LogP contribution in [0.2, 0.25) is 0 Å². The summed E-state index contributed by atoms with van der Waals surface area (Å²) in [5.74, 6) is -1.60. The van der Waals surface area contributed by atoms with Crippen molar-refractivity contribution in [2.45, 2.75) is 27.1 Å². The zero-order valence-electron chi connectivity index (χ0n) is 9.24. The molecule has 86 valence electrons. The average Bonchev–Trinajstić information content (AvgIpc) is 2.17. The molecule has 0 aliphatic heterocycles.